The fourth-order valence-electron chi connectivity index (χ4n) is 2.03. The molecule has 0 saturated heterocycles. The van der Waals surface area contributed by atoms with Gasteiger partial charge in [-0.3, -0.25) is 0 Å². The van der Waals surface area contributed by atoms with Crippen LogP contribution in [0.15, 0.2) is 36.0 Å². The van der Waals surface area contributed by atoms with Gasteiger partial charge in [0.2, 0.25) is 0 Å². The van der Waals surface area contributed by atoms with E-state index in [1.165, 1.54) is 0 Å². The van der Waals surface area contributed by atoms with E-state index in [9.17, 15) is 0 Å². The molecule has 6 heteroatoms. The minimum Gasteiger partial charge on any atom is -0.362 e. The van der Waals surface area contributed by atoms with Gasteiger partial charge in [0.15, 0.2) is 12.0 Å². The maximum atomic E-state index is 9.13. The average Bonchev–Trinajstić information content (AvgIpc) is 2.88. The number of nitriles is 1. The van der Waals surface area contributed by atoms with Crippen molar-refractivity contribution in [2.24, 2.45) is 0 Å². The van der Waals surface area contributed by atoms with Crippen LogP contribution in [0.25, 0.3) is 5.57 Å². The van der Waals surface area contributed by atoms with Crippen LogP contribution in [-0.4, -0.2) is 20.2 Å². The lowest BCUT2D eigenvalue weighted by atomic mass is 10.1. The molecule has 1 unspecified atom stereocenters. The van der Waals surface area contributed by atoms with Crippen LogP contribution in [0.2, 0.25) is 0 Å². The van der Waals surface area contributed by atoms with E-state index < -0.39 is 0 Å². The van der Waals surface area contributed by atoms with Gasteiger partial charge in [0, 0.05) is 5.70 Å². The quantitative estimate of drug-likeness (QED) is 0.804. The van der Waals surface area contributed by atoms with Crippen molar-refractivity contribution in [2.45, 2.75) is 13.1 Å². The summed E-state index contributed by atoms with van der Waals surface area (Å²) in [7, 11) is 0. The molecule has 2 heterocycles. The normalized spacial score (nSPS) is 17.9. The van der Waals surface area contributed by atoms with Crippen molar-refractivity contribution in [1.29, 1.82) is 5.26 Å². The lowest BCUT2D eigenvalue weighted by molar-refractivity contribution is 0.440. The van der Waals surface area contributed by atoms with E-state index in [1.807, 2.05) is 37.3 Å². The first kappa shape index (κ1) is 10.5. The first-order chi connectivity index (χ1) is 8.81. The van der Waals surface area contributed by atoms with Crippen LogP contribution >= 0.6 is 0 Å². The fourth-order valence-corrected chi connectivity index (χ4v) is 2.03. The summed E-state index contributed by atoms with van der Waals surface area (Å²) in [5.41, 5.74) is 2.31. The number of nitrogens with zero attached hydrogens (tertiary/aromatic N) is 5. The van der Waals surface area contributed by atoms with Crippen LogP contribution in [0.3, 0.4) is 0 Å². The third kappa shape index (κ3) is 1.45. The van der Waals surface area contributed by atoms with E-state index in [4.69, 9.17) is 5.26 Å². The molecule has 1 N–H and O–H groups in total. The highest BCUT2D eigenvalue weighted by molar-refractivity contribution is 5.75. The van der Waals surface area contributed by atoms with Gasteiger partial charge in [-0.15, -0.1) is 5.10 Å². The largest absolute Gasteiger partial charge is 0.362 e. The lowest BCUT2D eigenvalue weighted by Gasteiger charge is -2.26. The van der Waals surface area contributed by atoms with Crippen molar-refractivity contribution in [1.82, 2.24) is 25.5 Å². The second kappa shape index (κ2) is 3.96. The summed E-state index contributed by atoms with van der Waals surface area (Å²) in [5.74, 6) is 0.502. The van der Waals surface area contributed by atoms with E-state index >= 15 is 0 Å². The molecular weight excluding hydrogens is 228 g/mol. The van der Waals surface area contributed by atoms with E-state index in [0.29, 0.717) is 11.4 Å². The standard InChI is InChI=1S/C12H10N6/c1-8-10(7-13)12-15-16-17-18(12)11(14-8)9-5-3-2-4-6-9/h2-6,11,14H,1H3. The maximum Gasteiger partial charge on any atom is 0.196 e. The van der Waals surface area contributed by atoms with Crippen LogP contribution < -0.4 is 5.32 Å². The van der Waals surface area contributed by atoms with E-state index in [0.717, 1.165) is 11.3 Å². The van der Waals surface area contributed by atoms with E-state index in [1.54, 1.807) is 4.68 Å². The van der Waals surface area contributed by atoms with Gasteiger partial charge in [-0.2, -0.15) is 9.94 Å². The monoisotopic (exact) mass is 238 g/mol. The SMILES string of the molecule is CC1=C(C#N)c2nnnn2C(c2ccccc2)N1. The Hall–Kier alpha value is -2.68. The summed E-state index contributed by atoms with van der Waals surface area (Å²) < 4.78 is 1.63. The summed E-state index contributed by atoms with van der Waals surface area (Å²) in [6.45, 7) is 1.85. The second-order valence-corrected chi connectivity index (χ2v) is 4.02. The molecule has 0 bridgehead atoms. The molecule has 0 fully saturated rings. The smallest absolute Gasteiger partial charge is 0.196 e. The highest BCUT2D eigenvalue weighted by Crippen LogP contribution is 2.26. The Labute approximate surface area is 104 Å². The Morgan fingerprint density at radius 3 is 2.83 bits per heavy atom. The molecule has 1 aliphatic rings. The van der Waals surface area contributed by atoms with Crippen molar-refractivity contribution in [3.63, 3.8) is 0 Å². The number of hydrogen-bond donors (Lipinski definition) is 1. The highest BCUT2D eigenvalue weighted by Gasteiger charge is 2.27. The summed E-state index contributed by atoms with van der Waals surface area (Å²) in [4.78, 5) is 0. The Balaban J connectivity index is 2.14. The zero-order valence-electron chi connectivity index (χ0n) is 9.70. The van der Waals surface area contributed by atoms with Gasteiger partial charge in [0.05, 0.1) is 0 Å². The lowest BCUT2D eigenvalue weighted by Crippen LogP contribution is -2.33. The molecule has 0 aliphatic carbocycles. The number of nitrogens with one attached hydrogen (secondary N) is 1. The summed E-state index contributed by atoms with van der Waals surface area (Å²) in [5, 5.41) is 23.9. The molecule has 1 atom stereocenters. The molecule has 3 rings (SSSR count). The van der Waals surface area contributed by atoms with Gasteiger partial charge in [-0.25, -0.2) is 0 Å². The number of hydrogen-bond acceptors (Lipinski definition) is 5. The molecule has 0 saturated carbocycles. The zero-order chi connectivity index (χ0) is 12.5. The molecule has 6 nitrogen and oxygen atoms in total. The van der Waals surface area contributed by atoms with E-state index in [-0.39, 0.29) is 6.17 Å². The number of benzene rings is 1. The highest BCUT2D eigenvalue weighted by atomic mass is 15.6. The van der Waals surface area contributed by atoms with Crippen LogP contribution in [0.4, 0.5) is 0 Å². The molecule has 0 radical (unpaired) electrons. The summed E-state index contributed by atoms with van der Waals surface area (Å²) >= 11 is 0. The number of rotatable bonds is 1. The number of tetrazole rings is 1. The molecular formula is C12H10N6. The molecule has 1 aromatic carbocycles. The molecule has 18 heavy (non-hydrogen) atoms. The van der Waals surface area contributed by atoms with Gasteiger partial charge in [-0.05, 0) is 22.9 Å². The summed E-state index contributed by atoms with van der Waals surface area (Å²) in [6, 6.07) is 12.0. The van der Waals surface area contributed by atoms with Crippen LogP contribution in [0.5, 0.6) is 0 Å². The number of aromatic nitrogens is 4. The molecule has 2 aromatic rings. The predicted molar refractivity (Wildman–Crippen MR) is 63.7 cm³/mol. The average molecular weight is 238 g/mol. The second-order valence-electron chi connectivity index (χ2n) is 4.02. The van der Waals surface area contributed by atoms with Crippen LogP contribution in [0.1, 0.15) is 24.5 Å². The molecule has 0 amide bonds. The molecule has 88 valence electrons. The Kier molecular flexibility index (Phi) is 2.31. The zero-order valence-corrected chi connectivity index (χ0v) is 9.70. The minimum atomic E-state index is -0.173. The molecule has 1 aliphatic heterocycles. The van der Waals surface area contributed by atoms with Crippen molar-refractivity contribution >= 4 is 5.57 Å². The van der Waals surface area contributed by atoms with Gasteiger partial charge < -0.3 is 5.32 Å². The van der Waals surface area contributed by atoms with Crippen molar-refractivity contribution in [3.05, 3.63) is 47.4 Å². The first-order valence-electron chi connectivity index (χ1n) is 5.52. The van der Waals surface area contributed by atoms with Gasteiger partial charge in [-0.1, -0.05) is 30.3 Å². The van der Waals surface area contributed by atoms with E-state index in [2.05, 4.69) is 26.9 Å². The van der Waals surface area contributed by atoms with Gasteiger partial charge in [0.25, 0.3) is 0 Å². The fraction of sp³-hybridized carbons (Fsp3) is 0.167. The Bertz CT molecular complexity index is 649. The van der Waals surface area contributed by atoms with Crippen LogP contribution in [-0.2, 0) is 0 Å². The van der Waals surface area contributed by atoms with Crippen LogP contribution in [0, 0.1) is 11.3 Å². The minimum absolute atomic E-state index is 0.173. The van der Waals surface area contributed by atoms with Gasteiger partial charge >= 0.3 is 0 Å². The maximum absolute atomic E-state index is 9.13. The van der Waals surface area contributed by atoms with Crippen molar-refractivity contribution in [3.8, 4) is 6.07 Å². The molecule has 1 aromatic heterocycles. The number of allylic oxidation sites excluding steroid dienone is 2. The van der Waals surface area contributed by atoms with Gasteiger partial charge in [0.1, 0.15) is 11.6 Å². The third-order valence-electron chi connectivity index (χ3n) is 2.92. The molecule has 0 spiro atoms. The van der Waals surface area contributed by atoms with Crippen molar-refractivity contribution in [2.75, 3.05) is 0 Å². The first-order valence-corrected chi connectivity index (χ1v) is 5.52. The Morgan fingerprint density at radius 2 is 2.11 bits per heavy atom. The topological polar surface area (TPSA) is 79.4 Å². The van der Waals surface area contributed by atoms with Crippen molar-refractivity contribution < 1.29 is 0 Å². The Morgan fingerprint density at radius 1 is 1.33 bits per heavy atom. The predicted octanol–water partition coefficient (Wildman–Crippen LogP) is 1.08. The third-order valence-corrected chi connectivity index (χ3v) is 2.92. The summed E-state index contributed by atoms with van der Waals surface area (Å²) in [6.07, 6.45) is -0.173. The number of fused-ring (bicyclic) bond motifs is 1.